The first-order valence-electron chi connectivity index (χ1n) is 10.5. The lowest BCUT2D eigenvalue weighted by Crippen LogP contribution is -2.52. The van der Waals surface area contributed by atoms with Gasteiger partial charge in [0.25, 0.3) is 0 Å². The van der Waals surface area contributed by atoms with E-state index in [0.29, 0.717) is 31.0 Å². The molecule has 8 heteroatoms. The summed E-state index contributed by atoms with van der Waals surface area (Å²) in [7, 11) is 1.63. The molecule has 8 nitrogen and oxygen atoms in total. The zero-order valence-corrected chi connectivity index (χ0v) is 16.8. The van der Waals surface area contributed by atoms with Crippen molar-refractivity contribution in [2.75, 3.05) is 64.5 Å². The first kappa shape index (κ1) is 19.4. The summed E-state index contributed by atoms with van der Waals surface area (Å²) in [5.74, 6) is 2.02. The van der Waals surface area contributed by atoms with Crippen LogP contribution in [0.3, 0.4) is 0 Å². The average molecular weight is 390 g/mol. The average Bonchev–Trinajstić information content (AvgIpc) is 2.79. The number of morpholine rings is 1. The van der Waals surface area contributed by atoms with Crippen LogP contribution < -0.4 is 9.64 Å². The second kappa shape index (κ2) is 9.05. The summed E-state index contributed by atoms with van der Waals surface area (Å²) in [5.41, 5.74) is 0. The number of aromatic nitrogens is 2. The van der Waals surface area contributed by atoms with Crippen LogP contribution in [0.2, 0.25) is 0 Å². The van der Waals surface area contributed by atoms with Crippen LogP contribution in [0.25, 0.3) is 0 Å². The maximum atomic E-state index is 12.9. The molecule has 4 rings (SSSR count). The van der Waals surface area contributed by atoms with Gasteiger partial charge in [-0.25, -0.2) is 9.97 Å². The summed E-state index contributed by atoms with van der Waals surface area (Å²) in [5, 5.41) is 0. The molecule has 1 amide bonds. The van der Waals surface area contributed by atoms with Gasteiger partial charge in [0.2, 0.25) is 11.8 Å². The van der Waals surface area contributed by atoms with Crippen LogP contribution in [0.5, 0.6) is 5.88 Å². The number of amides is 1. The number of hydrogen-bond acceptors (Lipinski definition) is 7. The van der Waals surface area contributed by atoms with E-state index < -0.39 is 0 Å². The Bertz CT molecular complexity index is 659. The molecular weight excluding hydrogens is 358 g/mol. The van der Waals surface area contributed by atoms with Gasteiger partial charge in [-0.2, -0.15) is 0 Å². The number of carbonyl (C=O) groups is 1. The van der Waals surface area contributed by atoms with E-state index >= 15 is 0 Å². The van der Waals surface area contributed by atoms with Crippen LogP contribution in [0.1, 0.15) is 25.7 Å². The van der Waals surface area contributed by atoms with Gasteiger partial charge in [-0.15, -0.1) is 0 Å². The number of ether oxygens (including phenoxy) is 2. The summed E-state index contributed by atoms with van der Waals surface area (Å²) >= 11 is 0. The van der Waals surface area contributed by atoms with Crippen molar-refractivity contribution in [3.05, 3.63) is 12.4 Å². The van der Waals surface area contributed by atoms with Crippen molar-refractivity contribution >= 4 is 11.7 Å². The number of hydrogen-bond donors (Lipinski definition) is 0. The number of rotatable bonds is 4. The molecular formula is C20H31N5O3. The second-order valence-electron chi connectivity index (χ2n) is 7.91. The number of likely N-dealkylation sites (tertiary alicyclic amines) is 1. The lowest BCUT2D eigenvalue weighted by molar-refractivity contribution is -0.141. The van der Waals surface area contributed by atoms with Crippen molar-refractivity contribution in [2.24, 2.45) is 5.92 Å². The topological polar surface area (TPSA) is 71.0 Å². The zero-order chi connectivity index (χ0) is 19.3. The third-order valence-electron chi connectivity index (χ3n) is 6.27. The highest BCUT2D eigenvalue weighted by Crippen LogP contribution is 2.27. The van der Waals surface area contributed by atoms with Gasteiger partial charge in [-0.05, 0) is 32.2 Å². The second-order valence-corrected chi connectivity index (χ2v) is 7.91. The van der Waals surface area contributed by atoms with Crippen molar-refractivity contribution in [3.63, 3.8) is 0 Å². The van der Waals surface area contributed by atoms with Crippen LogP contribution in [0.15, 0.2) is 12.4 Å². The van der Waals surface area contributed by atoms with E-state index in [1.807, 2.05) is 11.0 Å². The molecule has 154 valence electrons. The van der Waals surface area contributed by atoms with Gasteiger partial charge < -0.3 is 19.3 Å². The van der Waals surface area contributed by atoms with E-state index in [2.05, 4.69) is 19.8 Å². The molecule has 4 heterocycles. The molecule has 1 aromatic rings. The lowest BCUT2D eigenvalue weighted by atomic mass is 9.92. The minimum absolute atomic E-state index is 0.149. The molecule has 0 aliphatic carbocycles. The highest BCUT2D eigenvalue weighted by molar-refractivity contribution is 5.79. The molecule has 28 heavy (non-hydrogen) atoms. The van der Waals surface area contributed by atoms with E-state index in [9.17, 15) is 4.79 Å². The summed E-state index contributed by atoms with van der Waals surface area (Å²) in [6.07, 6.45) is 5.90. The Morgan fingerprint density at radius 1 is 1.11 bits per heavy atom. The monoisotopic (exact) mass is 389 g/mol. The number of carbonyl (C=O) groups excluding carboxylic acids is 1. The number of anilines is 1. The molecule has 0 radical (unpaired) electrons. The maximum absolute atomic E-state index is 12.9. The van der Waals surface area contributed by atoms with Crippen molar-refractivity contribution in [1.29, 1.82) is 0 Å². The highest BCUT2D eigenvalue weighted by Gasteiger charge is 2.34. The molecule has 0 N–H and O–H groups in total. The van der Waals surface area contributed by atoms with Gasteiger partial charge in [0.1, 0.15) is 12.1 Å². The number of nitrogens with zero attached hydrogens (tertiary/aromatic N) is 5. The summed E-state index contributed by atoms with van der Waals surface area (Å²) in [4.78, 5) is 28.2. The molecule has 3 aliphatic heterocycles. The fourth-order valence-corrected chi connectivity index (χ4v) is 4.66. The summed E-state index contributed by atoms with van der Waals surface area (Å²) in [6, 6.07) is 2.46. The SMILES string of the molecule is COc1cc(N2CCC(N3CCC[C@H](C(=O)N4CCOCC4)C3)CC2)ncn1. The van der Waals surface area contributed by atoms with Crippen molar-refractivity contribution in [3.8, 4) is 5.88 Å². The molecule has 0 aromatic carbocycles. The van der Waals surface area contributed by atoms with Crippen molar-refractivity contribution < 1.29 is 14.3 Å². The Labute approximate surface area is 166 Å². The number of piperidine rings is 2. The Kier molecular flexibility index (Phi) is 6.26. The molecule has 3 aliphatic rings. The standard InChI is InChI=1S/C20H31N5O3/c1-27-19-13-18(21-15-22-19)23-7-4-17(5-8-23)25-6-2-3-16(14-25)20(26)24-9-11-28-12-10-24/h13,15-17H,2-12,14H2,1H3/t16-/m0/s1. The minimum atomic E-state index is 0.149. The first-order valence-corrected chi connectivity index (χ1v) is 10.5. The highest BCUT2D eigenvalue weighted by atomic mass is 16.5. The first-order chi connectivity index (χ1) is 13.7. The van der Waals surface area contributed by atoms with E-state index in [0.717, 1.165) is 70.8 Å². The van der Waals surface area contributed by atoms with Gasteiger partial charge in [-0.1, -0.05) is 0 Å². The molecule has 1 aromatic heterocycles. The molecule has 0 unspecified atom stereocenters. The van der Waals surface area contributed by atoms with E-state index in [1.165, 1.54) is 0 Å². The molecule has 3 saturated heterocycles. The molecule has 0 spiro atoms. The van der Waals surface area contributed by atoms with E-state index in [-0.39, 0.29) is 5.92 Å². The predicted octanol–water partition coefficient (Wildman–Crippen LogP) is 1.02. The molecule has 0 bridgehead atoms. The van der Waals surface area contributed by atoms with Crippen LogP contribution in [-0.2, 0) is 9.53 Å². The predicted molar refractivity (Wildman–Crippen MR) is 106 cm³/mol. The van der Waals surface area contributed by atoms with Crippen LogP contribution >= 0.6 is 0 Å². The minimum Gasteiger partial charge on any atom is -0.481 e. The Hall–Kier alpha value is -1.93. The van der Waals surface area contributed by atoms with Gasteiger partial charge in [0, 0.05) is 44.8 Å². The van der Waals surface area contributed by atoms with Crippen LogP contribution in [-0.4, -0.2) is 91.3 Å². The third kappa shape index (κ3) is 4.38. The fourth-order valence-electron chi connectivity index (χ4n) is 4.66. The molecule has 1 atom stereocenters. The van der Waals surface area contributed by atoms with Crippen molar-refractivity contribution in [1.82, 2.24) is 19.8 Å². The fraction of sp³-hybridized carbons (Fsp3) is 0.750. The van der Waals surface area contributed by atoms with Gasteiger partial charge in [-0.3, -0.25) is 9.69 Å². The van der Waals surface area contributed by atoms with E-state index in [4.69, 9.17) is 9.47 Å². The van der Waals surface area contributed by atoms with Gasteiger partial charge in [0.15, 0.2) is 0 Å². The molecule has 0 saturated carbocycles. The smallest absolute Gasteiger partial charge is 0.227 e. The summed E-state index contributed by atoms with van der Waals surface area (Å²) in [6.45, 7) is 6.81. The quantitative estimate of drug-likeness (QED) is 0.761. The van der Waals surface area contributed by atoms with Gasteiger partial charge in [0.05, 0.1) is 26.2 Å². The molecule has 3 fully saturated rings. The Morgan fingerprint density at radius 2 is 1.89 bits per heavy atom. The van der Waals surface area contributed by atoms with Crippen LogP contribution in [0, 0.1) is 5.92 Å². The normalized spacial score (nSPS) is 25.0. The number of methoxy groups -OCH3 is 1. The maximum Gasteiger partial charge on any atom is 0.227 e. The summed E-state index contributed by atoms with van der Waals surface area (Å²) < 4.78 is 10.6. The zero-order valence-electron chi connectivity index (χ0n) is 16.8. The van der Waals surface area contributed by atoms with Crippen molar-refractivity contribution in [2.45, 2.75) is 31.7 Å². The van der Waals surface area contributed by atoms with Crippen LogP contribution in [0.4, 0.5) is 5.82 Å². The Morgan fingerprint density at radius 3 is 2.64 bits per heavy atom. The lowest BCUT2D eigenvalue weighted by Gasteiger charge is -2.43. The van der Waals surface area contributed by atoms with Gasteiger partial charge >= 0.3 is 0 Å². The Balaban J connectivity index is 1.30. The van der Waals surface area contributed by atoms with E-state index in [1.54, 1.807) is 13.4 Å². The largest absolute Gasteiger partial charge is 0.481 e. The third-order valence-corrected chi connectivity index (χ3v) is 6.27.